The number of hydrogen-bond acceptors (Lipinski definition) is 2. The number of halogens is 1. The highest BCUT2D eigenvalue weighted by molar-refractivity contribution is 5.87. The molecule has 5 heteroatoms. The number of rotatable bonds is 6. The molecule has 0 aliphatic carbocycles. The van der Waals surface area contributed by atoms with Crippen molar-refractivity contribution < 1.29 is 14.0 Å². The molecule has 2 N–H and O–H groups in total. The second-order valence-electron chi connectivity index (χ2n) is 4.28. The molecule has 1 rings (SSSR count). The zero-order chi connectivity index (χ0) is 14.3. The number of nitrogens with one attached hydrogen (secondary N) is 2. The van der Waals surface area contributed by atoms with Crippen molar-refractivity contribution >= 4 is 11.8 Å². The van der Waals surface area contributed by atoms with Crippen molar-refractivity contribution in [3.8, 4) is 0 Å². The Balaban J connectivity index is 2.40. The molecule has 1 aromatic carbocycles. The molecule has 19 heavy (non-hydrogen) atoms. The van der Waals surface area contributed by atoms with E-state index in [0.717, 1.165) is 0 Å². The number of likely N-dealkylation sites (N-methyl/N-ethyl adjacent to an activating group) is 1. The topological polar surface area (TPSA) is 58.2 Å². The summed E-state index contributed by atoms with van der Waals surface area (Å²) >= 11 is 0. The standard InChI is InChI=1S/C14H19FN2O2/c1-3-16-14(19)10(2)17-13(18)9-8-11-6-4-5-7-12(11)15/h4-7,10H,3,8-9H2,1-2H3,(H,16,19)(H,17,18)/t10-/m1/s1. The van der Waals surface area contributed by atoms with Crippen LogP contribution >= 0.6 is 0 Å². The Bertz CT molecular complexity index is 449. The molecule has 2 amide bonds. The van der Waals surface area contributed by atoms with E-state index < -0.39 is 6.04 Å². The van der Waals surface area contributed by atoms with Crippen LogP contribution in [0.2, 0.25) is 0 Å². The van der Waals surface area contributed by atoms with Gasteiger partial charge in [0.2, 0.25) is 11.8 Å². The van der Waals surface area contributed by atoms with E-state index in [0.29, 0.717) is 18.5 Å². The molecule has 104 valence electrons. The Morgan fingerprint density at radius 1 is 1.32 bits per heavy atom. The molecule has 0 saturated carbocycles. The molecule has 0 spiro atoms. The average Bonchev–Trinajstić information content (AvgIpc) is 2.38. The van der Waals surface area contributed by atoms with Crippen molar-refractivity contribution in [2.75, 3.05) is 6.54 Å². The van der Waals surface area contributed by atoms with Crippen LogP contribution in [0.5, 0.6) is 0 Å². The molecule has 0 aromatic heterocycles. The number of hydrogen-bond donors (Lipinski definition) is 2. The number of carbonyl (C=O) groups is 2. The van der Waals surface area contributed by atoms with Gasteiger partial charge in [0.15, 0.2) is 0 Å². The summed E-state index contributed by atoms with van der Waals surface area (Å²) in [6, 6.07) is 5.78. The Hall–Kier alpha value is -1.91. The van der Waals surface area contributed by atoms with Crippen LogP contribution in [0.1, 0.15) is 25.8 Å². The summed E-state index contributed by atoms with van der Waals surface area (Å²) < 4.78 is 13.3. The fourth-order valence-electron chi connectivity index (χ4n) is 1.66. The summed E-state index contributed by atoms with van der Waals surface area (Å²) in [5.74, 6) is -0.796. The third kappa shape index (κ3) is 5.07. The van der Waals surface area contributed by atoms with Crippen LogP contribution in [0.25, 0.3) is 0 Å². The van der Waals surface area contributed by atoms with Gasteiger partial charge in [0.25, 0.3) is 0 Å². The molecule has 0 saturated heterocycles. The predicted molar refractivity (Wildman–Crippen MR) is 71.0 cm³/mol. The van der Waals surface area contributed by atoms with Crippen molar-refractivity contribution in [1.29, 1.82) is 0 Å². The summed E-state index contributed by atoms with van der Waals surface area (Å²) in [4.78, 5) is 23.1. The molecule has 0 radical (unpaired) electrons. The number of benzene rings is 1. The molecular formula is C14H19FN2O2. The minimum Gasteiger partial charge on any atom is -0.355 e. The van der Waals surface area contributed by atoms with E-state index in [9.17, 15) is 14.0 Å². The van der Waals surface area contributed by atoms with Gasteiger partial charge >= 0.3 is 0 Å². The first kappa shape index (κ1) is 15.1. The summed E-state index contributed by atoms with van der Waals surface area (Å²) in [7, 11) is 0. The summed E-state index contributed by atoms with van der Waals surface area (Å²) in [6.45, 7) is 3.95. The highest BCUT2D eigenvalue weighted by Crippen LogP contribution is 2.08. The van der Waals surface area contributed by atoms with Gasteiger partial charge in [0.1, 0.15) is 11.9 Å². The SMILES string of the molecule is CCNC(=O)[C@@H](C)NC(=O)CCc1ccccc1F. The van der Waals surface area contributed by atoms with Gasteiger partial charge in [-0.15, -0.1) is 0 Å². The Labute approximate surface area is 112 Å². The monoisotopic (exact) mass is 266 g/mol. The molecule has 0 fully saturated rings. The van der Waals surface area contributed by atoms with Crippen LogP contribution < -0.4 is 10.6 Å². The van der Waals surface area contributed by atoms with Gasteiger partial charge in [-0.2, -0.15) is 0 Å². The van der Waals surface area contributed by atoms with E-state index in [2.05, 4.69) is 10.6 Å². The lowest BCUT2D eigenvalue weighted by Crippen LogP contribution is -2.44. The van der Waals surface area contributed by atoms with Gasteiger partial charge in [-0.3, -0.25) is 9.59 Å². The number of amides is 2. The molecule has 0 heterocycles. The first-order chi connectivity index (χ1) is 9.04. The van der Waals surface area contributed by atoms with E-state index in [1.807, 2.05) is 6.92 Å². The second-order valence-corrected chi connectivity index (χ2v) is 4.28. The van der Waals surface area contributed by atoms with Crippen molar-refractivity contribution in [1.82, 2.24) is 10.6 Å². The Morgan fingerprint density at radius 2 is 2.00 bits per heavy atom. The Kier molecular flexibility index (Phi) is 5.99. The van der Waals surface area contributed by atoms with Crippen molar-refractivity contribution in [3.05, 3.63) is 35.6 Å². The third-order valence-corrected chi connectivity index (χ3v) is 2.70. The quantitative estimate of drug-likeness (QED) is 0.817. The van der Waals surface area contributed by atoms with Gasteiger partial charge < -0.3 is 10.6 Å². The molecule has 0 bridgehead atoms. The van der Waals surface area contributed by atoms with Crippen LogP contribution in [0, 0.1) is 5.82 Å². The lowest BCUT2D eigenvalue weighted by Gasteiger charge is -2.13. The lowest BCUT2D eigenvalue weighted by molar-refractivity contribution is -0.128. The second kappa shape index (κ2) is 7.51. The molecule has 0 unspecified atom stereocenters. The van der Waals surface area contributed by atoms with Crippen molar-refractivity contribution in [2.45, 2.75) is 32.7 Å². The normalized spacial score (nSPS) is 11.7. The third-order valence-electron chi connectivity index (χ3n) is 2.70. The van der Waals surface area contributed by atoms with E-state index in [4.69, 9.17) is 0 Å². The van der Waals surface area contributed by atoms with Crippen LogP contribution in [0.4, 0.5) is 4.39 Å². The summed E-state index contributed by atoms with van der Waals surface area (Å²) in [6.07, 6.45) is 0.477. The Morgan fingerprint density at radius 3 is 2.63 bits per heavy atom. The molecule has 4 nitrogen and oxygen atoms in total. The van der Waals surface area contributed by atoms with Crippen molar-refractivity contribution in [2.24, 2.45) is 0 Å². The predicted octanol–water partition coefficient (Wildman–Crippen LogP) is 1.40. The molecule has 1 aromatic rings. The van der Waals surface area contributed by atoms with Crippen LogP contribution in [-0.4, -0.2) is 24.4 Å². The summed E-state index contributed by atoms with van der Waals surface area (Å²) in [5, 5.41) is 5.20. The van der Waals surface area contributed by atoms with Gasteiger partial charge in [0.05, 0.1) is 0 Å². The number of aryl methyl sites for hydroxylation is 1. The van der Waals surface area contributed by atoms with E-state index in [1.54, 1.807) is 25.1 Å². The lowest BCUT2D eigenvalue weighted by atomic mass is 10.1. The van der Waals surface area contributed by atoms with Crippen LogP contribution in [-0.2, 0) is 16.0 Å². The largest absolute Gasteiger partial charge is 0.355 e. The van der Waals surface area contributed by atoms with Gasteiger partial charge in [0, 0.05) is 13.0 Å². The fraction of sp³-hybridized carbons (Fsp3) is 0.429. The highest BCUT2D eigenvalue weighted by Gasteiger charge is 2.14. The maximum absolute atomic E-state index is 13.3. The average molecular weight is 266 g/mol. The van der Waals surface area contributed by atoms with Gasteiger partial charge in [-0.1, -0.05) is 18.2 Å². The highest BCUT2D eigenvalue weighted by atomic mass is 19.1. The fourth-order valence-corrected chi connectivity index (χ4v) is 1.66. The molecule has 0 aliphatic heterocycles. The maximum Gasteiger partial charge on any atom is 0.242 e. The molecule has 1 atom stereocenters. The molecular weight excluding hydrogens is 247 g/mol. The van der Waals surface area contributed by atoms with Crippen molar-refractivity contribution in [3.63, 3.8) is 0 Å². The minimum absolute atomic E-state index is 0.157. The van der Waals surface area contributed by atoms with Gasteiger partial charge in [-0.25, -0.2) is 4.39 Å². The van der Waals surface area contributed by atoms with E-state index in [-0.39, 0.29) is 24.1 Å². The smallest absolute Gasteiger partial charge is 0.242 e. The zero-order valence-corrected chi connectivity index (χ0v) is 11.2. The van der Waals surface area contributed by atoms with Crippen LogP contribution in [0.15, 0.2) is 24.3 Å². The summed E-state index contributed by atoms with van der Waals surface area (Å²) in [5.41, 5.74) is 0.503. The molecule has 0 aliphatic rings. The minimum atomic E-state index is -0.576. The maximum atomic E-state index is 13.3. The zero-order valence-electron chi connectivity index (χ0n) is 11.2. The first-order valence-electron chi connectivity index (χ1n) is 6.35. The van der Waals surface area contributed by atoms with Gasteiger partial charge in [-0.05, 0) is 31.9 Å². The van der Waals surface area contributed by atoms with Crippen LogP contribution in [0.3, 0.4) is 0 Å². The van der Waals surface area contributed by atoms with E-state index >= 15 is 0 Å². The number of carbonyl (C=O) groups excluding carboxylic acids is 2. The first-order valence-corrected chi connectivity index (χ1v) is 6.35. The van der Waals surface area contributed by atoms with E-state index in [1.165, 1.54) is 6.07 Å².